The molecule has 0 amide bonds. The minimum Gasteiger partial charge on any atom is -0.375 e. The molecule has 1 heterocycles. The van der Waals surface area contributed by atoms with Gasteiger partial charge in [-0.15, -0.1) is 0 Å². The third kappa shape index (κ3) is 4.53. The van der Waals surface area contributed by atoms with Crippen molar-refractivity contribution in [2.45, 2.75) is 51.8 Å². The number of benzene rings is 1. The van der Waals surface area contributed by atoms with Crippen LogP contribution in [0.3, 0.4) is 0 Å². The van der Waals surface area contributed by atoms with E-state index >= 15 is 0 Å². The van der Waals surface area contributed by atoms with E-state index in [1.165, 1.54) is 12.0 Å². The summed E-state index contributed by atoms with van der Waals surface area (Å²) >= 11 is 0. The number of nitrogens with one attached hydrogen (secondary N) is 1. The number of hydrogen-bond donors (Lipinski definition) is 1. The Morgan fingerprint density at radius 2 is 1.95 bits per heavy atom. The molecule has 3 nitrogen and oxygen atoms in total. The standard InChI is InChI=1S/C18H30N2O/c1-5-16-12-19-17(15-10-8-7-9-11-15)13-20(16)14-18(3,4)21-6-2/h7-11,16-17,19H,5-6,12-14H2,1-4H3. The minimum absolute atomic E-state index is 0.0826. The van der Waals surface area contributed by atoms with E-state index < -0.39 is 0 Å². The van der Waals surface area contributed by atoms with Crippen LogP contribution in [0.5, 0.6) is 0 Å². The molecule has 2 atom stereocenters. The van der Waals surface area contributed by atoms with Gasteiger partial charge in [0.1, 0.15) is 0 Å². The first kappa shape index (κ1) is 16.5. The zero-order valence-electron chi connectivity index (χ0n) is 13.9. The Kier molecular flexibility index (Phi) is 5.80. The van der Waals surface area contributed by atoms with Crippen LogP contribution in [0.4, 0.5) is 0 Å². The molecule has 118 valence electrons. The first-order valence-electron chi connectivity index (χ1n) is 8.22. The van der Waals surface area contributed by atoms with Crippen molar-refractivity contribution in [1.29, 1.82) is 0 Å². The lowest BCUT2D eigenvalue weighted by Gasteiger charge is -2.43. The Morgan fingerprint density at radius 1 is 1.24 bits per heavy atom. The van der Waals surface area contributed by atoms with E-state index in [2.05, 4.69) is 68.2 Å². The van der Waals surface area contributed by atoms with Gasteiger partial charge in [0.15, 0.2) is 0 Å². The topological polar surface area (TPSA) is 24.5 Å². The van der Waals surface area contributed by atoms with Gasteiger partial charge in [-0.05, 0) is 32.8 Å². The second-order valence-corrected chi connectivity index (χ2v) is 6.56. The van der Waals surface area contributed by atoms with Crippen LogP contribution < -0.4 is 5.32 Å². The molecule has 1 aromatic carbocycles. The maximum absolute atomic E-state index is 5.90. The molecule has 0 aromatic heterocycles. The SMILES string of the molecule is CCOC(C)(C)CN1CC(c2ccccc2)NCC1CC. The van der Waals surface area contributed by atoms with Gasteiger partial charge in [0.25, 0.3) is 0 Å². The van der Waals surface area contributed by atoms with Crippen LogP contribution in [0.2, 0.25) is 0 Å². The maximum atomic E-state index is 5.90. The van der Waals surface area contributed by atoms with Crippen LogP contribution >= 0.6 is 0 Å². The molecule has 2 unspecified atom stereocenters. The fourth-order valence-corrected chi connectivity index (χ4v) is 3.29. The lowest BCUT2D eigenvalue weighted by atomic mass is 9.98. The monoisotopic (exact) mass is 290 g/mol. The molecular formula is C18H30N2O. The summed E-state index contributed by atoms with van der Waals surface area (Å²) in [5.74, 6) is 0. The molecule has 1 fully saturated rings. The summed E-state index contributed by atoms with van der Waals surface area (Å²) in [4.78, 5) is 2.60. The summed E-state index contributed by atoms with van der Waals surface area (Å²) in [6, 6.07) is 11.8. The average Bonchev–Trinajstić information content (AvgIpc) is 2.47. The van der Waals surface area contributed by atoms with Gasteiger partial charge in [-0.2, -0.15) is 0 Å². The normalized spacial score (nSPS) is 24.2. The second-order valence-electron chi connectivity index (χ2n) is 6.56. The molecule has 0 radical (unpaired) electrons. The number of nitrogens with zero attached hydrogens (tertiary/aromatic N) is 1. The molecule has 0 saturated carbocycles. The highest BCUT2D eigenvalue weighted by molar-refractivity contribution is 5.20. The van der Waals surface area contributed by atoms with Crippen molar-refractivity contribution in [2.24, 2.45) is 0 Å². The van der Waals surface area contributed by atoms with E-state index in [1.807, 2.05) is 0 Å². The molecule has 1 N–H and O–H groups in total. The lowest BCUT2D eigenvalue weighted by Crippen LogP contribution is -2.56. The van der Waals surface area contributed by atoms with Crippen LogP contribution in [0.25, 0.3) is 0 Å². The van der Waals surface area contributed by atoms with Gasteiger partial charge in [-0.25, -0.2) is 0 Å². The van der Waals surface area contributed by atoms with Gasteiger partial charge in [-0.1, -0.05) is 37.3 Å². The Balaban J connectivity index is 2.06. The van der Waals surface area contributed by atoms with Gasteiger partial charge in [0.2, 0.25) is 0 Å². The Hall–Kier alpha value is -0.900. The van der Waals surface area contributed by atoms with E-state index in [0.29, 0.717) is 12.1 Å². The minimum atomic E-state index is -0.0826. The van der Waals surface area contributed by atoms with E-state index in [0.717, 1.165) is 26.2 Å². The largest absolute Gasteiger partial charge is 0.375 e. The number of hydrogen-bond acceptors (Lipinski definition) is 3. The van der Waals surface area contributed by atoms with Gasteiger partial charge < -0.3 is 10.1 Å². The van der Waals surface area contributed by atoms with Crippen LogP contribution in [-0.4, -0.2) is 42.8 Å². The average molecular weight is 290 g/mol. The van der Waals surface area contributed by atoms with Crippen molar-refractivity contribution in [3.05, 3.63) is 35.9 Å². The third-order valence-electron chi connectivity index (χ3n) is 4.33. The summed E-state index contributed by atoms with van der Waals surface area (Å²) in [7, 11) is 0. The highest BCUT2D eigenvalue weighted by atomic mass is 16.5. The van der Waals surface area contributed by atoms with Crippen LogP contribution in [0.15, 0.2) is 30.3 Å². The zero-order chi connectivity index (χ0) is 15.3. The Labute approximate surface area is 129 Å². The molecule has 1 saturated heterocycles. The van der Waals surface area contributed by atoms with E-state index in [9.17, 15) is 0 Å². The van der Waals surface area contributed by atoms with Crippen LogP contribution in [0, 0.1) is 0 Å². The van der Waals surface area contributed by atoms with Crippen molar-refractivity contribution in [1.82, 2.24) is 10.2 Å². The van der Waals surface area contributed by atoms with Crippen LogP contribution in [-0.2, 0) is 4.74 Å². The van der Waals surface area contributed by atoms with Crippen molar-refractivity contribution < 1.29 is 4.74 Å². The third-order valence-corrected chi connectivity index (χ3v) is 4.33. The predicted octanol–water partition coefficient (Wildman–Crippen LogP) is 3.23. The Bertz CT molecular complexity index is 418. The highest BCUT2D eigenvalue weighted by Crippen LogP contribution is 2.23. The van der Waals surface area contributed by atoms with Gasteiger partial charge in [-0.3, -0.25) is 4.90 Å². The first-order valence-corrected chi connectivity index (χ1v) is 8.22. The molecular weight excluding hydrogens is 260 g/mol. The fraction of sp³-hybridized carbons (Fsp3) is 0.667. The molecule has 2 rings (SSSR count). The molecule has 0 aliphatic carbocycles. The highest BCUT2D eigenvalue weighted by Gasteiger charge is 2.31. The van der Waals surface area contributed by atoms with E-state index in [1.54, 1.807) is 0 Å². The summed E-state index contributed by atoms with van der Waals surface area (Å²) < 4.78 is 5.90. The summed E-state index contributed by atoms with van der Waals surface area (Å²) in [6.07, 6.45) is 1.18. The van der Waals surface area contributed by atoms with Gasteiger partial charge in [0.05, 0.1) is 5.60 Å². The summed E-state index contributed by atoms with van der Waals surface area (Å²) in [5, 5.41) is 3.70. The number of ether oxygens (including phenoxy) is 1. The number of rotatable bonds is 6. The van der Waals surface area contributed by atoms with Crippen molar-refractivity contribution in [3.63, 3.8) is 0 Å². The Morgan fingerprint density at radius 3 is 2.57 bits per heavy atom. The van der Waals surface area contributed by atoms with Gasteiger partial charge in [0, 0.05) is 38.3 Å². The summed E-state index contributed by atoms with van der Waals surface area (Å²) in [5.41, 5.74) is 1.30. The molecule has 3 heteroatoms. The van der Waals surface area contributed by atoms with E-state index in [-0.39, 0.29) is 5.60 Å². The maximum Gasteiger partial charge on any atom is 0.0752 e. The summed E-state index contributed by atoms with van der Waals surface area (Å²) in [6.45, 7) is 12.6. The lowest BCUT2D eigenvalue weighted by molar-refractivity contribution is -0.0493. The quantitative estimate of drug-likeness (QED) is 0.870. The van der Waals surface area contributed by atoms with Crippen LogP contribution in [0.1, 0.15) is 45.7 Å². The van der Waals surface area contributed by atoms with Crippen molar-refractivity contribution >= 4 is 0 Å². The zero-order valence-corrected chi connectivity index (χ0v) is 13.9. The van der Waals surface area contributed by atoms with E-state index in [4.69, 9.17) is 4.74 Å². The fourth-order valence-electron chi connectivity index (χ4n) is 3.29. The first-order chi connectivity index (χ1) is 10.1. The van der Waals surface area contributed by atoms with Crippen molar-refractivity contribution in [3.8, 4) is 0 Å². The smallest absolute Gasteiger partial charge is 0.0752 e. The molecule has 21 heavy (non-hydrogen) atoms. The number of piperazine rings is 1. The molecule has 0 spiro atoms. The van der Waals surface area contributed by atoms with Crippen molar-refractivity contribution in [2.75, 3.05) is 26.2 Å². The molecule has 0 bridgehead atoms. The molecule has 1 aromatic rings. The second kappa shape index (κ2) is 7.39. The predicted molar refractivity (Wildman–Crippen MR) is 88.5 cm³/mol. The molecule has 1 aliphatic rings. The van der Waals surface area contributed by atoms with Gasteiger partial charge >= 0.3 is 0 Å². The molecule has 1 aliphatic heterocycles.